The maximum absolute atomic E-state index is 11.6. The van der Waals surface area contributed by atoms with Gasteiger partial charge in [0.1, 0.15) is 5.75 Å². The molecule has 1 N–H and O–H groups in total. The smallest absolute Gasteiger partial charge is 0.354 e. The highest BCUT2D eigenvalue weighted by atomic mass is 16.5. The first-order valence-electron chi connectivity index (χ1n) is 7.44. The van der Waals surface area contributed by atoms with Crippen molar-refractivity contribution in [2.45, 2.75) is 18.8 Å². The molecule has 23 heavy (non-hydrogen) atoms. The molecule has 0 aliphatic heterocycles. The van der Waals surface area contributed by atoms with E-state index >= 15 is 0 Å². The number of benzene rings is 1. The summed E-state index contributed by atoms with van der Waals surface area (Å²) in [5.74, 6) is 0.124. The third kappa shape index (κ3) is 2.42. The van der Waals surface area contributed by atoms with Crippen LogP contribution in [0.4, 0.5) is 0 Å². The Hall–Kier alpha value is -2.89. The Morgan fingerprint density at radius 3 is 2.83 bits per heavy atom. The highest BCUT2D eigenvalue weighted by Crippen LogP contribution is 2.39. The first-order chi connectivity index (χ1) is 11.2. The highest BCUT2D eigenvalue weighted by Gasteiger charge is 2.27. The molecule has 6 heteroatoms. The van der Waals surface area contributed by atoms with E-state index in [-0.39, 0.29) is 5.69 Å². The minimum Gasteiger partial charge on any atom is -0.497 e. The topological polar surface area (TPSA) is 76.7 Å². The van der Waals surface area contributed by atoms with Gasteiger partial charge in [-0.05, 0) is 31.0 Å². The molecule has 3 aromatic rings. The van der Waals surface area contributed by atoms with Crippen LogP contribution in [0.5, 0.6) is 5.75 Å². The second-order valence-corrected chi connectivity index (χ2v) is 5.68. The number of hydrogen-bond donors (Lipinski definition) is 1. The number of carboxylic acids is 1. The van der Waals surface area contributed by atoms with Crippen molar-refractivity contribution < 1.29 is 14.6 Å². The maximum atomic E-state index is 11.6. The maximum Gasteiger partial charge on any atom is 0.354 e. The molecular formula is C17H15N3O3. The number of fused-ring (bicyclic) bond motifs is 1. The Balaban J connectivity index is 1.91. The first-order valence-corrected chi connectivity index (χ1v) is 7.44. The van der Waals surface area contributed by atoms with Crippen LogP contribution in [0.25, 0.3) is 16.9 Å². The van der Waals surface area contributed by atoms with E-state index in [1.165, 1.54) is 4.52 Å². The molecule has 2 heterocycles. The van der Waals surface area contributed by atoms with E-state index in [2.05, 4.69) is 10.1 Å². The highest BCUT2D eigenvalue weighted by molar-refractivity contribution is 5.88. The van der Waals surface area contributed by atoms with Crippen molar-refractivity contribution in [2.24, 2.45) is 0 Å². The van der Waals surface area contributed by atoms with Crippen molar-refractivity contribution in [3.05, 3.63) is 47.8 Å². The van der Waals surface area contributed by atoms with Gasteiger partial charge in [0.15, 0.2) is 11.3 Å². The molecule has 0 atom stereocenters. The lowest BCUT2D eigenvalue weighted by molar-refractivity contribution is 0.0687. The summed E-state index contributed by atoms with van der Waals surface area (Å²) in [6.45, 7) is 0. The van der Waals surface area contributed by atoms with Crippen molar-refractivity contribution in [3.63, 3.8) is 0 Å². The summed E-state index contributed by atoms with van der Waals surface area (Å²) in [6, 6.07) is 10.8. The van der Waals surface area contributed by atoms with Crippen molar-refractivity contribution in [1.82, 2.24) is 14.6 Å². The lowest BCUT2D eigenvalue weighted by Crippen LogP contribution is -2.08. The molecule has 0 unspecified atom stereocenters. The average Bonchev–Trinajstić information content (AvgIpc) is 3.33. The normalized spacial score (nSPS) is 14.1. The van der Waals surface area contributed by atoms with Gasteiger partial charge < -0.3 is 9.84 Å². The van der Waals surface area contributed by atoms with Gasteiger partial charge in [0.2, 0.25) is 0 Å². The molecule has 6 nitrogen and oxygen atoms in total. The molecule has 1 aliphatic rings. The van der Waals surface area contributed by atoms with E-state index in [1.807, 2.05) is 30.3 Å². The number of carboxylic acid groups (broad SMARTS) is 1. The van der Waals surface area contributed by atoms with Crippen LogP contribution in [0.3, 0.4) is 0 Å². The van der Waals surface area contributed by atoms with Crippen LogP contribution in [0.2, 0.25) is 0 Å². The molecule has 1 fully saturated rings. The van der Waals surface area contributed by atoms with Crippen LogP contribution < -0.4 is 4.74 Å². The van der Waals surface area contributed by atoms with Gasteiger partial charge in [-0.1, -0.05) is 12.1 Å². The predicted octanol–water partition coefficient (Wildman–Crippen LogP) is 2.98. The molecule has 1 aliphatic carbocycles. The molecule has 0 bridgehead atoms. The fraction of sp³-hybridized carbons (Fsp3) is 0.235. The Morgan fingerprint density at radius 2 is 2.13 bits per heavy atom. The van der Waals surface area contributed by atoms with E-state index in [4.69, 9.17) is 4.74 Å². The van der Waals surface area contributed by atoms with E-state index in [0.717, 1.165) is 24.1 Å². The quantitative estimate of drug-likeness (QED) is 0.801. The number of hydrogen-bond acceptors (Lipinski definition) is 4. The van der Waals surface area contributed by atoms with E-state index < -0.39 is 5.97 Å². The summed E-state index contributed by atoms with van der Waals surface area (Å²) < 4.78 is 6.64. The van der Waals surface area contributed by atoms with Crippen LogP contribution >= 0.6 is 0 Å². The Bertz CT molecular complexity index is 913. The van der Waals surface area contributed by atoms with E-state index in [0.29, 0.717) is 23.0 Å². The molecule has 0 saturated heterocycles. The summed E-state index contributed by atoms with van der Waals surface area (Å²) in [7, 11) is 1.59. The van der Waals surface area contributed by atoms with Crippen molar-refractivity contribution in [3.8, 4) is 17.0 Å². The summed E-state index contributed by atoms with van der Waals surface area (Å²) in [6.07, 6.45) is 2.21. The summed E-state index contributed by atoms with van der Waals surface area (Å²) in [5.41, 5.74) is 2.99. The fourth-order valence-corrected chi connectivity index (χ4v) is 2.65. The number of carbonyl (C=O) groups is 1. The number of ether oxygens (including phenoxy) is 1. The fourth-order valence-electron chi connectivity index (χ4n) is 2.65. The molecule has 4 rings (SSSR count). The van der Waals surface area contributed by atoms with Gasteiger partial charge >= 0.3 is 5.97 Å². The number of methoxy groups -OCH3 is 1. The molecular weight excluding hydrogens is 294 g/mol. The Labute approximate surface area is 132 Å². The predicted molar refractivity (Wildman–Crippen MR) is 83.9 cm³/mol. The lowest BCUT2D eigenvalue weighted by Gasteiger charge is -2.06. The van der Waals surface area contributed by atoms with Gasteiger partial charge in [0, 0.05) is 17.5 Å². The number of aromatic nitrogens is 3. The van der Waals surface area contributed by atoms with Gasteiger partial charge in [-0.25, -0.2) is 14.3 Å². The SMILES string of the molecule is COc1cccc(-c2cc(C(=O)O)n3nc(C4CC4)cc3n2)c1. The molecule has 1 saturated carbocycles. The van der Waals surface area contributed by atoms with Crippen LogP contribution in [0, 0.1) is 0 Å². The van der Waals surface area contributed by atoms with Crippen LogP contribution in [0.1, 0.15) is 34.9 Å². The average molecular weight is 309 g/mol. The second-order valence-electron chi connectivity index (χ2n) is 5.68. The summed E-state index contributed by atoms with van der Waals surface area (Å²) in [4.78, 5) is 16.2. The Kier molecular flexibility index (Phi) is 3.04. The van der Waals surface area contributed by atoms with Gasteiger partial charge in [0.05, 0.1) is 18.5 Å². The van der Waals surface area contributed by atoms with Gasteiger partial charge in [-0.2, -0.15) is 5.10 Å². The van der Waals surface area contributed by atoms with Gasteiger partial charge in [-0.3, -0.25) is 0 Å². The summed E-state index contributed by atoms with van der Waals surface area (Å²) >= 11 is 0. The zero-order valence-corrected chi connectivity index (χ0v) is 12.6. The number of rotatable bonds is 4. The van der Waals surface area contributed by atoms with Gasteiger partial charge in [-0.15, -0.1) is 0 Å². The monoisotopic (exact) mass is 309 g/mol. The summed E-state index contributed by atoms with van der Waals surface area (Å²) in [5, 5.41) is 13.9. The minimum absolute atomic E-state index is 0.111. The molecule has 0 spiro atoms. The Morgan fingerprint density at radius 1 is 1.30 bits per heavy atom. The number of nitrogens with zero attached hydrogens (tertiary/aromatic N) is 3. The largest absolute Gasteiger partial charge is 0.497 e. The van der Waals surface area contributed by atoms with Crippen LogP contribution in [-0.2, 0) is 0 Å². The second kappa shape index (κ2) is 5.08. The lowest BCUT2D eigenvalue weighted by atomic mass is 10.1. The van der Waals surface area contributed by atoms with Crippen LogP contribution in [0.15, 0.2) is 36.4 Å². The third-order valence-electron chi connectivity index (χ3n) is 4.03. The van der Waals surface area contributed by atoms with Crippen molar-refractivity contribution in [2.75, 3.05) is 7.11 Å². The molecule has 1 aromatic carbocycles. The third-order valence-corrected chi connectivity index (χ3v) is 4.03. The number of aromatic carboxylic acids is 1. The zero-order chi connectivity index (χ0) is 16.0. The molecule has 116 valence electrons. The molecule has 0 radical (unpaired) electrons. The molecule has 0 amide bonds. The standard InChI is InChI=1S/C17H15N3O3/c1-23-12-4-2-3-11(7-12)13-8-15(17(21)22)20-16(18-13)9-14(19-20)10-5-6-10/h2-4,7-10H,5-6H2,1H3,(H,21,22). The van der Waals surface area contributed by atoms with Gasteiger partial charge in [0.25, 0.3) is 0 Å². The van der Waals surface area contributed by atoms with Crippen LogP contribution in [-0.4, -0.2) is 32.8 Å². The minimum atomic E-state index is -1.02. The zero-order valence-electron chi connectivity index (χ0n) is 12.6. The van der Waals surface area contributed by atoms with Crippen molar-refractivity contribution in [1.29, 1.82) is 0 Å². The van der Waals surface area contributed by atoms with E-state index in [1.54, 1.807) is 13.2 Å². The van der Waals surface area contributed by atoms with Crippen molar-refractivity contribution >= 4 is 11.6 Å². The molecule has 2 aromatic heterocycles. The van der Waals surface area contributed by atoms with E-state index in [9.17, 15) is 9.90 Å². The first kappa shape index (κ1) is 13.8.